The van der Waals surface area contributed by atoms with Crippen LogP contribution in [0, 0.1) is 5.82 Å². The first-order chi connectivity index (χ1) is 8.16. The van der Waals surface area contributed by atoms with Gasteiger partial charge in [-0.2, -0.15) is 5.10 Å². The molecule has 0 aliphatic rings. The van der Waals surface area contributed by atoms with Crippen molar-refractivity contribution in [1.29, 1.82) is 0 Å². The van der Waals surface area contributed by atoms with Crippen LogP contribution >= 0.6 is 0 Å². The van der Waals surface area contributed by atoms with Gasteiger partial charge in [-0.1, -0.05) is 12.1 Å². The smallest absolute Gasteiger partial charge is 0.253 e. The number of halogens is 1. The van der Waals surface area contributed by atoms with E-state index < -0.39 is 5.82 Å². The van der Waals surface area contributed by atoms with Crippen molar-refractivity contribution in [1.82, 2.24) is 10.2 Å². The van der Waals surface area contributed by atoms with E-state index in [1.807, 2.05) is 13.8 Å². The van der Waals surface area contributed by atoms with E-state index >= 15 is 0 Å². The fraction of sp³-hybridized carbons (Fsp3) is 0.250. The molecule has 5 heteroatoms. The van der Waals surface area contributed by atoms with Crippen molar-refractivity contribution in [3.05, 3.63) is 36.3 Å². The maximum Gasteiger partial charge on any atom is 0.253 e. The van der Waals surface area contributed by atoms with Crippen molar-refractivity contribution in [3.63, 3.8) is 0 Å². The zero-order valence-corrected chi connectivity index (χ0v) is 9.61. The second-order valence-corrected chi connectivity index (χ2v) is 3.76. The number of benzene rings is 1. The van der Waals surface area contributed by atoms with E-state index in [-0.39, 0.29) is 11.9 Å². The summed E-state index contributed by atoms with van der Waals surface area (Å²) in [4.78, 5) is 0. The number of para-hydroxylation sites is 1. The minimum Gasteiger partial charge on any atom is -0.473 e. The number of aromatic amines is 1. The molecule has 0 aliphatic heterocycles. The van der Waals surface area contributed by atoms with Crippen LogP contribution in [0.4, 0.5) is 4.39 Å². The molecule has 1 aromatic carbocycles. The molecule has 0 amide bonds. The van der Waals surface area contributed by atoms with Crippen LogP contribution in [0.15, 0.2) is 30.5 Å². The summed E-state index contributed by atoms with van der Waals surface area (Å²) in [5.74, 6) is 0.471. The number of hydrogen-bond acceptors (Lipinski definition) is 3. The second kappa shape index (κ2) is 4.86. The third kappa shape index (κ3) is 2.75. The molecule has 0 radical (unpaired) electrons. The Labute approximate surface area is 98.4 Å². The number of nitrogens with one attached hydrogen (secondary N) is 1. The van der Waals surface area contributed by atoms with Crippen molar-refractivity contribution in [2.75, 3.05) is 0 Å². The molecule has 0 saturated heterocycles. The van der Waals surface area contributed by atoms with Crippen LogP contribution in [-0.2, 0) is 0 Å². The van der Waals surface area contributed by atoms with Gasteiger partial charge in [0.1, 0.15) is 0 Å². The van der Waals surface area contributed by atoms with Gasteiger partial charge in [0.25, 0.3) is 5.88 Å². The Morgan fingerprint density at radius 1 is 1.24 bits per heavy atom. The maximum atomic E-state index is 13.4. The van der Waals surface area contributed by atoms with Crippen molar-refractivity contribution >= 4 is 0 Å². The number of H-pyrrole nitrogens is 1. The Balaban J connectivity index is 2.19. The summed E-state index contributed by atoms with van der Waals surface area (Å²) in [5.41, 5.74) is 0. The van der Waals surface area contributed by atoms with Gasteiger partial charge in [0.2, 0.25) is 5.75 Å². The molecule has 0 saturated carbocycles. The van der Waals surface area contributed by atoms with Gasteiger partial charge >= 0.3 is 0 Å². The molecular formula is C12H13FN2O2. The van der Waals surface area contributed by atoms with Crippen LogP contribution in [0.3, 0.4) is 0 Å². The minimum atomic E-state index is -0.427. The summed E-state index contributed by atoms with van der Waals surface area (Å²) < 4.78 is 24.2. The van der Waals surface area contributed by atoms with Crippen LogP contribution < -0.4 is 9.47 Å². The quantitative estimate of drug-likeness (QED) is 0.887. The predicted octanol–water partition coefficient (Wildman–Crippen LogP) is 3.13. The number of rotatable bonds is 4. The molecule has 1 heterocycles. The van der Waals surface area contributed by atoms with Gasteiger partial charge in [0, 0.05) is 0 Å². The average molecular weight is 236 g/mol. The van der Waals surface area contributed by atoms with Crippen molar-refractivity contribution in [2.45, 2.75) is 20.0 Å². The van der Waals surface area contributed by atoms with Crippen LogP contribution in [-0.4, -0.2) is 16.3 Å². The van der Waals surface area contributed by atoms with Gasteiger partial charge in [-0.05, 0) is 26.0 Å². The maximum absolute atomic E-state index is 13.4. The monoisotopic (exact) mass is 236 g/mol. The molecule has 1 N–H and O–H groups in total. The topological polar surface area (TPSA) is 47.1 Å². The highest BCUT2D eigenvalue weighted by molar-refractivity contribution is 5.36. The van der Waals surface area contributed by atoms with Gasteiger partial charge in [0.05, 0.1) is 12.3 Å². The standard InChI is InChI=1S/C12H13FN2O2/c1-8(2)16-12-11(7-14-15-12)17-10-6-4-3-5-9(10)13/h3-8H,1-2H3,(H,14,15). The molecule has 4 nitrogen and oxygen atoms in total. The third-order valence-corrected chi connectivity index (χ3v) is 1.98. The summed E-state index contributed by atoms with van der Waals surface area (Å²) in [7, 11) is 0. The van der Waals surface area contributed by atoms with E-state index in [0.29, 0.717) is 11.6 Å². The summed E-state index contributed by atoms with van der Waals surface area (Å²) >= 11 is 0. The molecular weight excluding hydrogens is 223 g/mol. The first-order valence-electron chi connectivity index (χ1n) is 5.29. The Bertz CT molecular complexity index is 497. The zero-order chi connectivity index (χ0) is 12.3. The van der Waals surface area contributed by atoms with E-state index in [1.54, 1.807) is 18.2 Å². The molecule has 2 rings (SSSR count). The normalized spacial score (nSPS) is 10.6. The Kier molecular flexibility index (Phi) is 3.27. The Morgan fingerprint density at radius 3 is 2.71 bits per heavy atom. The van der Waals surface area contributed by atoms with Crippen LogP contribution in [0.5, 0.6) is 17.4 Å². The molecule has 17 heavy (non-hydrogen) atoms. The highest BCUT2D eigenvalue weighted by atomic mass is 19.1. The molecule has 90 valence electrons. The average Bonchev–Trinajstić information content (AvgIpc) is 2.68. The van der Waals surface area contributed by atoms with Crippen LogP contribution in [0.2, 0.25) is 0 Å². The lowest BCUT2D eigenvalue weighted by molar-refractivity contribution is 0.223. The molecule has 2 aromatic rings. The molecule has 0 aliphatic carbocycles. The molecule has 0 atom stereocenters. The fourth-order valence-electron chi connectivity index (χ4n) is 1.30. The third-order valence-electron chi connectivity index (χ3n) is 1.98. The van der Waals surface area contributed by atoms with E-state index in [2.05, 4.69) is 10.2 Å². The Morgan fingerprint density at radius 2 is 2.00 bits per heavy atom. The summed E-state index contributed by atoms with van der Waals surface area (Å²) in [6.07, 6.45) is 1.43. The first-order valence-corrected chi connectivity index (χ1v) is 5.29. The van der Waals surface area contributed by atoms with Crippen LogP contribution in [0.1, 0.15) is 13.8 Å². The lowest BCUT2D eigenvalue weighted by Crippen LogP contribution is -2.06. The molecule has 0 spiro atoms. The molecule has 0 unspecified atom stereocenters. The molecule has 1 aromatic heterocycles. The van der Waals surface area contributed by atoms with E-state index in [4.69, 9.17) is 9.47 Å². The van der Waals surface area contributed by atoms with Gasteiger partial charge in [-0.25, -0.2) is 9.49 Å². The second-order valence-electron chi connectivity index (χ2n) is 3.76. The van der Waals surface area contributed by atoms with E-state index in [1.165, 1.54) is 12.3 Å². The van der Waals surface area contributed by atoms with E-state index in [9.17, 15) is 4.39 Å². The summed E-state index contributed by atoms with van der Waals surface area (Å²) in [5, 5.41) is 6.46. The fourth-order valence-corrected chi connectivity index (χ4v) is 1.30. The molecule has 0 fully saturated rings. The first kappa shape index (κ1) is 11.4. The number of nitrogens with zero attached hydrogens (tertiary/aromatic N) is 1. The predicted molar refractivity (Wildman–Crippen MR) is 60.8 cm³/mol. The molecule has 0 bridgehead atoms. The van der Waals surface area contributed by atoms with Gasteiger partial charge in [-0.15, -0.1) is 0 Å². The largest absolute Gasteiger partial charge is 0.473 e. The van der Waals surface area contributed by atoms with Gasteiger partial charge in [-0.3, -0.25) is 0 Å². The number of hydrogen-bond donors (Lipinski definition) is 1. The van der Waals surface area contributed by atoms with Crippen molar-refractivity contribution in [2.24, 2.45) is 0 Å². The minimum absolute atomic E-state index is 0.0154. The number of ether oxygens (including phenoxy) is 2. The van der Waals surface area contributed by atoms with E-state index in [0.717, 1.165) is 0 Å². The van der Waals surface area contributed by atoms with Gasteiger partial charge in [0.15, 0.2) is 11.6 Å². The van der Waals surface area contributed by atoms with Gasteiger partial charge < -0.3 is 9.47 Å². The number of aromatic nitrogens is 2. The van der Waals surface area contributed by atoms with Crippen LogP contribution in [0.25, 0.3) is 0 Å². The zero-order valence-electron chi connectivity index (χ0n) is 9.61. The lowest BCUT2D eigenvalue weighted by atomic mass is 10.3. The van der Waals surface area contributed by atoms with Crippen molar-refractivity contribution in [3.8, 4) is 17.4 Å². The highest BCUT2D eigenvalue weighted by Crippen LogP contribution is 2.30. The SMILES string of the molecule is CC(C)Oc1[nH]ncc1Oc1ccccc1F. The summed E-state index contributed by atoms with van der Waals surface area (Å²) in [6, 6.07) is 6.17. The highest BCUT2D eigenvalue weighted by Gasteiger charge is 2.12. The Hall–Kier alpha value is -2.04. The van der Waals surface area contributed by atoms with Crippen molar-refractivity contribution < 1.29 is 13.9 Å². The summed E-state index contributed by atoms with van der Waals surface area (Å²) in [6.45, 7) is 3.77. The lowest BCUT2D eigenvalue weighted by Gasteiger charge is -2.10.